The summed E-state index contributed by atoms with van der Waals surface area (Å²) in [7, 11) is 1.46. The maximum atomic E-state index is 14.7. The van der Waals surface area contributed by atoms with Gasteiger partial charge in [-0.1, -0.05) is 0 Å². The molecular formula is C19H20F2N6O3. The van der Waals surface area contributed by atoms with Crippen LogP contribution in [0, 0.1) is 11.8 Å². The van der Waals surface area contributed by atoms with E-state index in [1.165, 1.54) is 25.4 Å². The summed E-state index contributed by atoms with van der Waals surface area (Å²) < 4.78 is 34.2. The Kier molecular flexibility index (Phi) is 5.44. The van der Waals surface area contributed by atoms with Gasteiger partial charge in [-0.05, 0) is 12.1 Å². The minimum Gasteiger partial charge on any atom is -0.466 e. The Bertz CT molecular complexity index is 994. The van der Waals surface area contributed by atoms with Crippen molar-refractivity contribution in [2.45, 2.75) is 6.54 Å². The number of carbonyl (C=O) groups is 2. The molecule has 2 aliphatic rings. The maximum absolute atomic E-state index is 14.7. The molecule has 0 aliphatic carbocycles. The van der Waals surface area contributed by atoms with Crippen LogP contribution in [0.25, 0.3) is 0 Å². The topological polar surface area (TPSA) is 99.7 Å². The number of ether oxygens (including phenoxy) is 1. The van der Waals surface area contributed by atoms with E-state index in [2.05, 4.69) is 20.6 Å². The Morgan fingerprint density at radius 1 is 1.27 bits per heavy atom. The predicted octanol–water partition coefficient (Wildman–Crippen LogP) is 0.767. The fraction of sp³-hybridized carbons (Fsp3) is 0.368. The monoisotopic (exact) mass is 418 g/mol. The van der Waals surface area contributed by atoms with Gasteiger partial charge >= 0.3 is 0 Å². The smallest absolute Gasteiger partial charge is 0.269 e. The van der Waals surface area contributed by atoms with E-state index in [0.29, 0.717) is 44.0 Å². The summed E-state index contributed by atoms with van der Waals surface area (Å²) in [6.45, 7) is 2.27. The number of nitrogens with zero attached hydrogens (tertiary/aromatic N) is 4. The first-order chi connectivity index (χ1) is 14.5. The molecule has 0 radical (unpaired) electrons. The van der Waals surface area contributed by atoms with Crippen LogP contribution in [0.3, 0.4) is 0 Å². The minimum absolute atomic E-state index is 0.0174. The van der Waals surface area contributed by atoms with Gasteiger partial charge in [0.15, 0.2) is 12.4 Å². The summed E-state index contributed by atoms with van der Waals surface area (Å²) in [5.41, 5.74) is 0.648. The van der Waals surface area contributed by atoms with Crippen LogP contribution in [0.4, 0.5) is 20.2 Å². The second-order valence-electron chi connectivity index (χ2n) is 6.96. The highest BCUT2D eigenvalue weighted by Gasteiger charge is 2.26. The third kappa shape index (κ3) is 3.88. The van der Waals surface area contributed by atoms with Gasteiger partial charge in [0.25, 0.3) is 11.8 Å². The van der Waals surface area contributed by atoms with Crippen molar-refractivity contribution in [3.63, 3.8) is 0 Å². The van der Waals surface area contributed by atoms with Crippen molar-refractivity contribution in [2.24, 2.45) is 0 Å². The van der Waals surface area contributed by atoms with E-state index in [1.54, 1.807) is 0 Å². The maximum Gasteiger partial charge on any atom is 0.269 e. The van der Waals surface area contributed by atoms with Crippen LogP contribution in [-0.4, -0.2) is 66.5 Å². The number of nitrogens with one attached hydrogen (secondary N) is 2. The molecule has 30 heavy (non-hydrogen) atoms. The molecule has 4 heterocycles. The van der Waals surface area contributed by atoms with Crippen LogP contribution in [0.15, 0.2) is 18.3 Å². The van der Waals surface area contributed by atoms with Gasteiger partial charge in [0, 0.05) is 51.5 Å². The molecule has 2 aromatic heterocycles. The van der Waals surface area contributed by atoms with Gasteiger partial charge in [0.2, 0.25) is 11.8 Å². The Hall–Kier alpha value is -3.34. The first-order valence-electron chi connectivity index (χ1n) is 9.42. The van der Waals surface area contributed by atoms with E-state index in [4.69, 9.17) is 4.74 Å². The Balaban J connectivity index is 1.40. The first kappa shape index (κ1) is 20.0. The number of hydrogen-bond donors (Lipinski definition) is 2. The van der Waals surface area contributed by atoms with E-state index in [9.17, 15) is 18.4 Å². The zero-order valence-corrected chi connectivity index (χ0v) is 16.2. The number of aromatic nitrogens is 2. The molecule has 0 saturated carbocycles. The zero-order valence-electron chi connectivity index (χ0n) is 16.2. The van der Waals surface area contributed by atoms with Gasteiger partial charge in [0.1, 0.15) is 11.4 Å². The van der Waals surface area contributed by atoms with Crippen molar-refractivity contribution in [3.8, 4) is 5.88 Å². The largest absolute Gasteiger partial charge is 0.466 e. The number of halogens is 2. The molecule has 0 unspecified atom stereocenters. The molecule has 2 N–H and O–H groups in total. The van der Waals surface area contributed by atoms with Crippen molar-refractivity contribution in [1.29, 1.82) is 0 Å². The lowest BCUT2D eigenvalue weighted by molar-refractivity contribution is -0.118. The summed E-state index contributed by atoms with van der Waals surface area (Å²) >= 11 is 0. The number of amides is 2. The number of fused-ring (bicyclic) bond motifs is 1. The molecule has 0 spiro atoms. The second-order valence-corrected chi connectivity index (χ2v) is 6.96. The van der Waals surface area contributed by atoms with E-state index in [0.717, 1.165) is 0 Å². The molecule has 9 nitrogen and oxygen atoms in total. The third-order valence-corrected chi connectivity index (χ3v) is 5.05. The molecule has 2 aromatic rings. The van der Waals surface area contributed by atoms with Gasteiger partial charge in [0.05, 0.1) is 5.69 Å². The van der Waals surface area contributed by atoms with E-state index < -0.39 is 23.6 Å². The molecule has 1 fully saturated rings. The number of pyridine rings is 2. The lowest BCUT2D eigenvalue weighted by Gasteiger charge is -2.36. The molecule has 158 valence electrons. The Morgan fingerprint density at radius 2 is 2.03 bits per heavy atom. The first-order valence-corrected chi connectivity index (χ1v) is 9.42. The van der Waals surface area contributed by atoms with Crippen LogP contribution in [0.5, 0.6) is 5.88 Å². The van der Waals surface area contributed by atoms with E-state index in [1.807, 2.05) is 9.80 Å². The van der Waals surface area contributed by atoms with Crippen LogP contribution in [0.1, 0.15) is 16.1 Å². The second kappa shape index (κ2) is 8.19. The highest BCUT2D eigenvalue weighted by atomic mass is 19.1. The van der Waals surface area contributed by atoms with Crippen molar-refractivity contribution < 1.29 is 23.1 Å². The Labute approximate surface area is 171 Å². The van der Waals surface area contributed by atoms with Gasteiger partial charge in [-0.2, -0.15) is 4.39 Å². The molecule has 0 aromatic carbocycles. The fourth-order valence-corrected chi connectivity index (χ4v) is 3.45. The van der Waals surface area contributed by atoms with Gasteiger partial charge in [-0.3, -0.25) is 14.5 Å². The third-order valence-electron chi connectivity index (χ3n) is 5.05. The molecule has 11 heteroatoms. The highest BCUT2D eigenvalue weighted by Crippen LogP contribution is 2.30. The molecule has 1 saturated heterocycles. The van der Waals surface area contributed by atoms with Crippen molar-refractivity contribution in [1.82, 2.24) is 20.2 Å². The quantitative estimate of drug-likeness (QED) is 0.708. The highest BCUT2D eigenvalue weighted by molar-refractivity contribution is 5.95. The lowest BCUT2D eigenvalue weighted by atomic mass is 10.2. The van der Waals surface area contributed by atoms with Gasteiger partial charge in [-0.15, -0.1) is 0 Å². The lowest BCUT2D eigenvalue weighted by Crippen LogP contribution is -2.46. The molecule has 2 aliphatic heterocycles. The number of anilines is 2. The van der Waals surface area contributed by atoms with Crippen molar-refractivity contribution in [2.75, 3.05) is 50.1 Å². The number of rotatable bonds is 4. The standard InChI is InChI=1S/C19H20F2N6O3/c1-22-18(29)12-2-3-13(17(21)24-12)27-6-4-26(5-7-27)9-11-8-23-19-16(15(11)20)25-14(28)10-30-19/h2-3,8H,4-7,9-10H2,1H3,(H,22,29)(H,25,28). The summed E-state index contributed by atoms with van der Waals surface area (Å²) in [6.07, 6.45) is 1.40. The summed E-state index contributed by atoms with van der Waals surface area (Å²) in [5, 5.41) is 4.86. The molecule has 2 amide bonds. The van der Waals surface area contributed by atoms with Crippen LogP contribution < -0.4 is 20.3 Å². The van der Waals surface area contributed by atoms with Gasteiger partial charge in [-0.25, -0.2) is 14.4 Å². The van der Waals surface area contributed by atoms with Crippen molar-refractivity contribution >= 4 is 23.2 Å². The normalized spacial score (nSPS) is 16.5. The SMILES string of the molecule is CNC(=O)c1ccc(N2CCN(Cc3cnc4c(c3F)NC(=O)CO4)CC2)c(F)n1. The van der Waals surface area contributed by atoms with E-state index >= 15 is 0 Å². The van der Waals surface area contributed by atoms with Crippen LogP contribution in [-0.2, 0) is 11.3 Å². The average molecular weight is 418 g/mol. The zero-order chi connectivity index (χ0) is 21.3. The predicted molar refractivity (Wildman–Crippen MR) is 103 cm³/mol. The molecular weight excluding hydrogens is 398 g/mol. The number of piperazine rings is 1. The summed E-state index contributed by atoms with van der Waals surface area (Å²) in [5.74, 6) is -2.07. The number of hydrogen-bond acceptors (Lipinski definition) is 7. The molecule has 4 rings (SSSR count). The molecule has 0 atom stereocenters. The van der Waals surface area contributed by atoms with Crippen LogP contribution >= 0.6 is 0 Å². The minimum atomic E-state index is -0.703. The Morgan fingerprint density at radius 3 is 2.73 bits per heavy atom. The number of carbonyl (C=O) groups excluding carboxylic acids is 2. The summed E-state index contributed by atoms with van der Waals surface area (Å²) in [6, 6.07) is 3.02. The average Bonchev–Trinajstić information content (AvgIpc) is 2.76. The van der Waals surface area contributed by atoms with E-state index in [-0.39, 0.29) is 23.9 Å². The summed E-state index contributed by atoms with van der Waals surface area (Å²) in [4.78, 5) is 34.7. The van der Waals surface area contributed by atoms with Crippen LogP contribution in [0.2, 0.25) is 0 Å². The fourth-order valence-electron chi connectivity index (χ4n) is 3.45. The van der Waals surface area contributed by atoms with Crippen molar-refractivity contribution in [3.05, 3.63) is 41.4 Å². The molecule has 0 bridgehead atoms. The van der Waals surface area contributed by atoms with Gasteiger partial charge < -0.3 is 20.3 Å².